The summed E-state index contributed by atoms with van der Waals surface area (Å²) in [6.45, 7) is 4.89. The third-order valence-electron chi connectivity index (χ3n) is 12.5. The molecule has 0 aliphatic heterocycles. The van der Waals surface area contributed by atoms with Gasteiger partial charge in [0.15, 0.2) is 0 Å². The first kappa shape index (κ1) is 62.0. The highest BCUT2D eigenvalue weighted by Crippen LogP contribution is 2.43. The summed E-state index contributed by atoms with van der Waals surface area (Å²) in [6, 6.07) is -0.757. The van der Waals surface area contributed by atoms with Gasteiger partial charge in [-0.25, -0.2) is 4.57 Å². The topological polar surface area (TPSA) is 105 Å². The lowest BCUT2D eigenvalue weighted by Gasteiger charge is -2.26. The van der Waals surface area contributed by atoms with Crippen LogP contribution in [0, 0.1) is 0 Å². The van der Waals surface area contributed by atoms with Crippen LogP contribution >= 0.6 is 7.82 Å². The van der Waals surface area contributed by atoms with Gasteiger partial charge in [-0.3, -0.25) is 13.8 Å². The van der Waals surface area contributed by atoms with Crippen LogP contribution in [0.5, 0.6) is 0 Å². The minimum absolute atomic E-state index is 0.0765. The van der Waals surface area contributed by atoms with Crippen LogP contribution in [-0.2, 0) is 18.4 Å². The van der Waals surface area contributed by atoms with E-state index in [1.54, 1.807) is 0 Å². The van der Waals surface area contributed by atoms with E-state index in [0.717, 1.165) is 44.9 Å². The lowest BCUT2D eigenvalue weighted by Crippen LogP contribution is -2.46. The summed E-state index contributed by atoms with van der Waals surface area (Å²) in [4.78, 5) is 23.2. The van der Waals surface area contributed by atoms with Crippen molar-refractivity contribution < 1.29 is 32.9 Å². The number of amides is 1. The normalized spacial score (nSPS) is 14.2. The van der Waals surface area contributed by atoms with E-state index in [4.69, 9.17) is 9.05 Å². The van der Waals surface area contributed by atoms with Crippen LogP contribution in [0.25, 0.3) is 0 Å². The van der Waals surface area contributed by atoms with Crippen molar-refractivity contribution in [3.63, 3.8) is 0 Å². The number of rotatable bonds is 50. The Kier molecular flexibility index (Phi) is 45.4. The molecule has 63 heavy (non-hydrogen) atoms. The summed E-state index contributed by atoms with van der Waals surface area (Å²) in [5, 5.41) is 14.0. The number of carbonyl (C=O) groups is 1. The number of likely N-dealkylation sites (N-methyl/N-ethyl adjacent to an activating group) is 1. The molecule has 0 bridgehead atoms. The molecule has 9 heteroatoms. The molecule has 0 heterocycles. The van der Waals surface area contributed by atoms with E-state index >= 15 is 0 Å². The largest absolute Gasteiger partial charge is 0.472 e. The van der Waals surface area contributed by atoms with Gasteiger partial charge in [0.25, 0.3) is 0 Å². The fourth-order valence-corrected chi connectivity index (χ4v) is 8.87. The fraction of sp³-hybridized carbons (Fsp3) is 0.907. The number of nitrogens with zero attached hydrogens (tertiary/aromatic N) is 1. The Labute approximate surface area is 392 Å². The smallest absolute Gasteiger partial charge is 0.391 e. The molecule has 3 atom stereocenters. The second kappa shape index (κ2) is 46.1. The number of aliphatic hydroxyl groups excluding tert-OH is 1. The number of phosphoric ester groups is 1. The fourth-order valence-electron chi connectivity index (χ4n) is 8.14. The average molecular weight is 912 g/mol. The Hall–Kier alpha value is -1.02. The summed E-state index contributed by atoms with van der Waals surface area (Å²) in [7, 11) is 1.62. The summed E-state index contributed by atoms with van der Waals surface area (Å²) in [6.07, 6.45) is 56.6. The van der Waals surface area contributed by atoms with Crippen LogP contribution in [-0.4, -0.2) is 73.4 Å². The van der Waals surface area contributed by atoms with Gasteiger partial charge in [-0.2, -0.15) is 0 Å². The molecule has 1 amide bonds. The van der Waals surface area contributed by atoms with Crippen molar-refractivity contribution in [1.82, 2.24) is 5.32 Å². The molecule has 0 spiro atoms. The van der Waals surface area contributed by atoms with E-state index in [9.17, 15) is 19.4 Å². The van der Waals surface area contributed by atoms with Crippen LogP contribution < -0.4 is 5.32 Å². The summed E-state index contributed by atoms with van der Waals surface area (Å²) < 4.78 is 23.7. The molecule has 0 saturated carbocycles. The highest BCUT2D eigenvalue weighted by molar-refractivity contribution is 7.47. The summed E-state index contributed by atoms with van der Waals surface area (Å²) >= 11 is 0. The molecule has 0 aromatic rings. The molecule has 8 nitrogen and oxygen atoms in total. The van der Waals surface area contributed by atoms with E-state index in [2.05, 4.69) is 43.5 Å². The van der Waals surface area contributed by atoms with Gasteiger partial charge in [-0.15, -0.1) is 0 Å². The zero-order valence-electron chi connectivity index (χ0n) is 42.6. The number of quaternary nitrogens is 1. The van der Waals surface area contributed by atoms with Crippen LogP contribution in [0.4, 0.5) is 0 Å². The number of hydrogen-bond acceptors (Lipinski definition) is 5. The first-order chi connectivity index (χ1) is 30.5. The number of aliphatic hydroxyl groups is 1. The Bertz CT molecular complexity index is 1080. The number of carbonyl (C=O) groups excluding carboxylic acids is 1. The monoisotopic (exact) mass is 912 g/mol. The van der Waals surface area contributed by atoms with Crippen LogP contribution in [0.3, 0.4) is 0 Å². The van der Waals surface area contributed by atoms with Crippen molar-refractivity contribution >= 4 is 13.7 Å². The van der Waals surface area contributed by atoms with Gasteiger partial charge in [0.1, 0.15) is 13.2 Å². The third kappa shape index (κ3) is 48.7. The molecule has 0 saturated heterocycles. The molecular weight excluding hydrogens is 804 g/mol. The van der Waals surface area contributed by atoms with E-state index in [0.29, 0.717) is 23.9 Å². The predicted octanol–water partition coefficient (Wildman–Crippen LogP) is 16.0. The first-order valence-electron chi connectivity index (χ1n) is 27.2. The molecule has 0 aromatic carbocycles. The SMILES string of the molecule is CCCCCCC/C=C\C/C=C\CCCCCCCCCCCCCCCCCCCC(=O)NC(COP(=O)(O)OCC[N+](C)(C)C)C(O)CCCCCCCCCCCCCC. The van der Waals surface area contributed by atoms with Gasteiger partial charge >= 0.3 is 7.82 Å². The Morgan fingerprint density at radius 3 is 1.30 bits per heavy atom. The summed E-state index contributed by atoms with van der Waals surface area (Å²) in [5.74, 6) is -0.142. The lowest BCUT2D eigenvalue weighted by atomic mass is 10.0. The highest BCUT2D eigenvalue weighted by Gasteiger charge is 2.28. The number of unbranched alkanes of at least 4 members (excludes halogenated alkanes) is 33. The molecule has 3 unspecified atom stereocenters. The second-order valence-corrected chi connectivity index (χ2v) is 21.4. The van der Waals surface area contributed by atoms with E-state index < -0.39 is 20.0 Å². The van der Waals surface area contributed by atoms with E-state index in [1.807, 2.05) is 21.1 Å². The maximum absolute atomic E-state index is 12.9. The van der Waals surface area contributed by atoms with Crippen molar-refractivity contribution in [1.29, 1.82) is 0 Å². The van der Waals surface area contributed by atoms with Crippen molar-refractivity contribution in [2.45, 2.75) is 276 Å². The molecule has 0 rings (SSSR count). The molecule has 0 aliphatic carbocycles. The van der Waals surface area contributed by atoms with Crippen molar-refractivity contribution in [3.05, 3.63) is 24.3 Å². The Morgan fingerprint density at radius 2 is 0.905 bits per heavy atom. The van der Waals surface area contributed by atoms with Gasteiger partial charge in [0, 0.05) is 6.42 Å². The summed E-state index contributed by atoms with van der Waals surface area (Å²) in [5.41, 5.74) is 0. The number of hydrogen-bond donors (Lipinski definition) is 3. The zero-order valence-corrected chi connectivity index (χ0v) is 43.5. The van der Waals surface area contributed by atoms with Gasteiger partial charge in [-0.1, -0.05) is 237 Å². The van der Waals surface area contributed by atoms with E-state index in [-0.39, 0.29) is 19.1 Å². The molecule has 0 fully saturated rings. The van der Waals surface area contributed by atoms with Crippen LogP contribution in [0.15, 0.2) is 24.3 Å². The van der Waals surface area contributed by atoms with Crippen LogP contribution in [0.1, 0.15) is 264 Å². The second-order valence-electron chi connectivity index (χ2n) is 20.0. The molecule has 3 N–H and O–H groups in total. The maximum Gasteiger partial charge on any atom is 0.472 e. The zero-order chi connectivity index (χ0) is 46.4. The maximum atomic E-state index is 12.9. The Balaban J connectivity index is 4.03. The quantitative estimate of drug-likeness (QED) is 0.0243. The molecule has 374 valence electrons. The minimum Gasteiger partial charge on any atom is -0.391 e. The molecule has 0 radical (unpaired) electrons. The molecule has 0 aromatic heterocycles. The van der Waals surface area contributed by atoms with Crippen molar-refractivity contribution in [3.8, 4) is 0 Å². The van der Waals surface area contributed by atoms with Crippen molar-refractivity contribution in [2.24, 2.45) is 0 Å². The average Bonchev–Trinajstić information content (AvgIpc) is 3.24. The number of allylic oxidation sites excluding steroid dienone is 4. The lowest BCUT2D eigenvalue weighted by molar-refractivity contribution is -0.870. The van der Waals surface area contributed by atoms with Crippen LogP contribution in [0.2, 0.25) is 0 Å². The van der Waals surface area contributed by atoms with Crippen molar-refractivity contribution in [2.75, 3.05) is 40.9 Å². The van der Waals surface area contributed by atoms with Gasteiger partial charge in [-0.05, 0) is 44.9 Å². The van der Waals surface area contributed by atoms with Gasteiger partial charge in [0.2, 0.25) is 5.91 Å². The van der Waals surface area contributed by atoms with Gasteiger partial charge in [0.05, 0.1) is 39.9 Å². The number of nitrogens with one attached hydrogen (secondary N) is 1. The molecule has 0 aliphatic rings. The predicted molar refractivity (Wildman–Crippen MR) is 272 cm³/mol. The third-order valence-corrected chi connectivity index (χ3v) is 13.4. The minimum atomic E-state index is -4.31. The van der Waals surface area contributed by atoms with E-state index in [1.165, 1.54) is 193 Å². The van der Waals surface area contributed by atoms with Gasteiger partial charge < -0.3 is 19.8 Å². The standard InChI is InChI=1S/C54H107N2O6P/c1-6-8-10-12-14-16-18-20-21-22-23-24-25-26-27-28-29-30-31-32-33-34-35-36-38-40-42-44-46-48-54(58)55-52(51-62-63(59,60)61-50-49-56(3,4)5)53(57)47-45-43-41-39-37-19-17-15-13-11-9-7-2/h18,20,22-23,52-53,57H,6-17,19,21,24-51H2,1-5H3,(H-,55,58,59,60)/p+1/b20-18-,23-22-. The number of phosphoric acid groups is 1. The first-order valence-corrected chi connectivity index (χ1v) is 28.7. The highest BCUT2D eigenvalue weighted by atomic mass is 31.2. The Morgan fingerprint density at radius 1 is 0.540 bits per heavy atom. The molecular formula is C54H108N2O6P+.